The number of nitrogens with one attached hydrogen (secondary N) is 1. The molecule has 1 unspecified atom stereocenters. The van der Waals surface area contributed by atoms with Crippen LogP contribution >= 0.6 is 0 Å². The van der Waals surface area contributed by atoms with Crippen LogP contribution in [-0.4, -0.2) is 31.0 Å². The number of guanidine groups is 1. The Morgan fingerprint density at radius 3 is 2.53 bits per heavy atom. The van der Waals surface area contributed by atoms with E-state index in [-0.39, 0.29) is 18.4 Å². The second-order valence-corrected chi connectivity index (χ2v) is 7.68. The van der Waals surface area contributed by atoms with Crippen molar-refractivity contribution in [3.63, 3.8) is 0 Å². The molecule has 4 rings (SSSR count). The molecule has 0 aliphatic carbocycles. The van der Waals surface area contributed by atoms with Crippen LogP contribution in [0.5, 0.6) is 5.75 Å². The lowest BCUT2D eigenvalue weighted by molar-refractivity contribution is -0.119. The zero-order chi connectivity index (χ0) is 21.3. The van der Waals surface area contributed by atoms with E-state index in [2.05, 4.69) is 22.3 Å². The van der Waals surface area contributed by atoms with Gasteiger partial charge in [-0.25, -0.2) is 4.99 Å². The fraction of sp³-hybridized carbons (Fsp3) is 0.333. The molecule has 2 aromatic rings. The molecule has 0 bridgehead atoms. The molecule has 1 amide bonds. The minimum Gasteiger partial charge on any atom is -0.499 e. The number of carbonyl (C=O) groups excluding carboxylic acids is 1. The molecule has 2 aliphatic heterocycles. The molecule has 0 radical (unpaired) electrons. The molecule has 30 heavy (non-hydrogen) atoms. The third-order valence-corrected chi connectivity index (χ3v) is 5.75. The Bertz CT molecular complexity index is 1030. The summed E-state index contributed by atoms with van der Waals surface area (Å²) in [6.07, 6.45) is 1.97. The van der Waals surface area contributed by atoms with Gasteiger partial charge in [0, 0.05) is 0 Å². The average Bonchev–Trinajstić information content (AvgIpc) is 3.14. The summed E-state index contributed by atoms with van der Waals surface area (Å²) >= 11 is 0. The molecule has 0 aromatic heterocycles. The van der Waals surface area contributed by atoms with Crippen LogP contribution in [0.2, 0.25) is 0 Å². The van der Waals surface area contributed by atoms with Crippen molar-refractivity contribution in [2.45, 2.75) is 39.2 Å². The highest BCUT2D eigenvalue weighted by molar-refractivity contribution is 6.01. The zero-order valence-corrected chi connectivity index (χ0v) is 17.9. The van der Waals surface area contributed by atoms with Crippen LogP contribution in [0, 0.1) is 13.8 Å². The molecule has 2 aromatic carbocycles. The number of aliphatic imine (C=N–C) groups is 1. The van der Waals surface area contributed by atoms with Gasteiger partial charge in [-0.1, -0.05) is 30.3 Å². The lowest BCUT2D eigenvalue weighted by Gasteiger charge is -2.28. The molecule has 2 heterocycles. The third kappa shape index (κ3) is 3.65. The first-order valence-electron chi connectivity index (χ1n) is 10.2. The van der Waals surface area contributed by atoms with Gasteiger partial charge in [0.25, 0.3) is 0 Å². The third-order valence-electron chi connectivity index (χ3n) is 5.75. The van der Waals surface area contributed by atoms with Gasteiger partial charge in [-0.2, -0.15) is 0 Å². The quantitative estimate of drug-likeness (QED) is 0.813. The number of methoxy groups -OCH3 is 2. The van der Waals surface area contributed by atoms with Crippen LogP contribution in [0.3, 0.4) is 0 Å². The summed E-state index contributed by atoms with van der Waals surface area (Å²) < 4.78 is 11.0. The molecule has 6 nitrogen and oxygen atoms in total. The largest absolute Gasteiger partial charge is 0.499 e. The second-order valence-electron chi connectivity index (χ2n) is 7.68. The van der Waals surface area contributed by atoms with Gasteiger partial charge in [-0.15, -0.1) is 0 Å². The first-order valence-corrected chi connectivity index (χ1v) is 10.2. The van der Waals surface area contributed by atoms with Crippen molar-refractivity contribution in [2.24, 2.45) is 4.99 Å². The summed E-state index contributed by atoms with van der Waals surface area (Å²) in [7, 11) is 3.29. The van der Waals surface area contributed by atoms with Gasteiger partial charge >= 0.3 is 0 Å². The minimum absolute atomic E-state index is 0.0863. The van der Waals surface area contributed by atoms with Crippen LogP contribution in [0.15, 0.2) is 58.9 Å². The van der Waals surface area contributed by atoms with Gasteiger partial charge in [-0.3, -0.25) is 10.1 Å². The average molecular weight is 405 g/mol. The molecule has 1 atom stereocenters. The topological polar surface area (TPSA) is 63.2 Å². The van der Waals surface area contributed by atoms with Crippen molar-refractivity contribution in [1.29, 1.82) is 0 Å². The van der Waals surface area contributed by atoms with Gasteiger partial charge in [0.05, 0.1) is 38.1 Å². The number of fused-ring (bicyclic) bond motifs is 1. The Hall–Kier alpha value is -3.28. The normalized spacial score (nSPS) is 20.1. The molecule has 0 spiro atoms. The Morgan fingerprint density at radius 1 is 1.07 bits per heavy atom. The van der Waals surface area contributed by atoms with Crippen molar-refractivity contribution in [2.75, 3.05) is 14.2 Å². The number of amides is 1. The lowest BCUT2D eigenvalue weighted by Crippen LogP contribution is -2.41. The summed E-state index contributed by atoms with van der Waals surface area (Å²) in [4.78, 5) is 19.7. The van der Waals surface area contributed by atoms with E-state index in [1.165, 1.54) is 5.56 Å². The first-order chi connectivity index (χ1) is 14.5. The SMILES string of the molecule is COC1=C2CCC(c3ccccc3)N2C(=Nc2cc(C)c(OC)cc2C)NC(=O)C1. The van der Waals surface area contributed by atoms with Gasteiger partial charge < -0.3 is 14.4 Å². The van der Waals surface area contributed by atoms with E-state index >= 15 is 0 Å². The van der Waals surface area contributed by atoms with Gasteiger partial charge in [0.2, 0.25) is 11.9 Å². The van der Waals surface area contributed by atoms with Gasteiger partial charge in [-0.05, 0) is 55.5 Å². The second kappa shape index (κ2) is 8.22. The standard InChI is InChI=1S/C24H27N3O3/c1-15-13-21(29-3)16(2)12-18(15)25-24-26-23(28)14-22(30-4)20-11-10-19(27(20)24)17-8-6-5-7-9-17/h5-9,12-13,19H,10-11,14H2,1-4H3,(H,25,26,28). The Morgan fingerprint density at radius 2 is 1.83 bits per heavy atom. The van der Waals surface area contributed by atoms with Crippen molar-refractivity contribution in [3.8, 4) is 5.75 Å². The molecule has 1 fully saturated rings. The smallest absolute Gasteiger partial charge is 0.234 e. The highest BCUT2D eigenvalue weighted by Gasteiger charge is 2.38. The molecular weight excluding hydrogens is 378 g/mol. The Balaban J connectivity index is 1.85. The molecular formula is C24H27N3O3. The van der Waals surface area contributed by atoms with Crippen LogP contribution < -0.4 is 10.1 Å². The van der Waals surface area contributed by atoms with E-state index in [1.54, 1.807) is 14.2 Å². The van der Waals surface area contributed by atoms with E-state index in [9.17, 15) is 4.79 Å². The number of nitrogens with zero attached hydrogens (tertiary/aromatic N) is 2. The monoisotopic (exact) mass is 405 g/mol. The highest BCUT2D eigenvalue weighted by atomic mass is 16.5. The van der Waals surface area contributed by atoms with E-state index in [0.29, 0.717) is 11.7 Å². The van der Waals surface area contributed by atoms with E-state index in [1.807, 2.05) is 44.2 Å². The lowest BCUT2D eigenvalue weighted by atomic mass is 10.0. The van der Waals surface area contributed by atoms with Crippen molar-refractivity contribution < 1.29 is 14.3 Å². The van der Waals surface area contributed by atoms with E-state index in [0.717, 1.165) is 41.1 Å². The van der Waals surface area contributed by atoms with Crippen molar-refractivity contribution >= 4 is 17.6 Å². The summed E-state index contributed by atoms with van der Waals surface area (Å²) in [5.41, 5.74) is 5.00. The maximum Gasteiger partial charge on any atom is 0.234 e. The number of aryl methyl sites for hydroxylation is 2. The number of carbonyl (C=O) groups is 1. The van der Waals surface area contributed by atoms with Gasteiger partial charge in [0.1, 0.15) is 11.5 Å². The number of ether oxygens (including phenoxy) is 2. The predicted octanol–water partition coefficient (Wildman–Crippen LogP) is 4.51. The zero-order valence-electron chi connectivity index (χ0n) is 17.9. The summed E-state index contributed by atoms with van der Waals surface area (Å²) in [6, 6.07) is 14.4. The highest BCUT2D eigenvalue weighted by Crippen LogP contribution is 2.42. The summed E-state index contributed by atoms with van der Waals surface area (Å²) in [5, 5.41) is 3.02. The predicted molar refractivity (Wildman–Crippen MR) is 117 cm³/mol. The Kier molecular flexibility index (Phi) is 5.48. The maximum absolute atomic E-state index is 12.6. The van der Waals surface area contributed by atoms with Crippen LogP contribution in [0.4, 0.5) is 5.69 Å². The minimum atomic E-state index is -0.123. The fourth-order valence-electron chi connectivity index (χ4n) is 4.23. The molecule has 0 saturated carbocycles. The molecule has 1 saturated heterocycles. The molecule has 156 valence electrons. The van der Waals surface area contributed by atoms with E-state index < -0.39 is 0 Å². The number of hydrogen-bond donors (Lipinski definition) is 1. The summed E-state index contributed by atoms with van der Waals surface area (Å²) in [5.74, 6) is 1.95. The van der Waals surface area contributed by atoms with Crippen LogP contribution in [-0.2, 0) is 9.53 Å². The molecule has 2 aliphatic rings. The van der Waals surface area contributed by atoms with Gasteiger partial charge in [0.15, 0.2) is 0 Å². The number of hydrogen-bond acceptors (Lipinski definition) is 4. The molecule has 6 heteroatoms. The van der Waals surface area contributed by atoms with Crippen molar-refractivity contribution in [3.05, 3.63) is 70.6 Å². The van der Waals surface area contributed by atoms with Crippen LogP contribution in [0.1, 0.15) is 42.0 Å². The van der Waals surface area contributed by atoms with E-state index in [4.69, 9.17) is 14.5 Å². The number of rotatable bonds is 4. The number of allylic oxidation sites excluding steroid dienone is 1. The first kappa shape index (κ1) is 20.0. The summed E-state index contributed by atoms with van der Waals surface area (Å²) in [6.45, 7) is 3.99. The van der Waals surface area contributed by atoms with Crippen LogP contribution in [0.25, 0.3) is 0 Å². The maximum atomic E-state index is 12.6. The van der Waals surface area contributed by atoms with Crippen molar-refractivity contribution in [1.82, 2.24) is 10.2 Å². The Labute approximate surface area is 177 Å². The number of benzene rings is 2. The molecule has 1 N–H and O–H groups in total. The fourth-order valence-corrected chi connectivity index (χ4v) is 4.23.